The van der Waals surface area contributed by atoms with Crippen LogP contribution >= 0.6 is 11.6 Å². The number of amides is 1. The number of rotatable bonds is 5. The third-order valence-electron chi connectivity index (χ3n) is 2.18. The Morgan fingerprint density at radius 2 is 2.06 bits per heavy atom. The van der Waals surface area contributed by atoms with E-state index in [2.05, 4.69) is 5.32 Å². The van der Waals surface area contributed by atoms with Gasteiger partial charge in [0.25, 0.3) is 0 Å². The van der Waals surface area contributed by atoms with E-state index in [1.807, 2.05) is 0 Å². The van der Waals surface area contributed by atoms with Crippen LogP contribution in [0, 0.1) is 0 Å². The van der Waals surface area contributed by atoms with Crippen LogP contribution in [0.5, 0.6) is 0 Å². The van der Waals surface area contributed by atoms with Crippen LogP contribution < -0.4 is 5.32 Å². The Morgan fingerprint density at radius 1 is 1.41 bits per heavy atom. The molecule has 1 amide bonds. The van der Waals surface area contributed by atoms with Gasteiger partial charge in [-0.05, 0) is 17.7 Å². The molecule has 94 valence electrons. The fraction of sp³-hybridized carbons (Fsp3) is 0.300. The molecule has 0 unspecified atom stereocenters. The van der Waals surface area contributed by atoms with Gasteiger partial charge in [0, 0.05) is 25.7 Å². The van der Waals surface area contributed by atoms with Crippen molar-refractivity contribution in [3.63, 3.8) is 0 Å². The van der Waals surface area contributed by atoms with Gasteiger partial charge in [0.1, 0.15) is 0 Å². The Morgan fingerprint density at radius 3 is 2.53 bits per heavy atom. The Kier molecular flexibility index (Phi) is 4.50. The number of halogens is 1. The quantitative estimate of drug-likeness (QED) is 0.811. The maximum atomic E-state index is 11.8. The summed E-state index contributed by atoms with van der Waals surface area (Å²) < 4.78 is 24.7. The normalized spacial score (nSPS) is 11.5. The van der Waals surface area contributed by atoms with Gasteiger partial charge in [-0.25, -0.2) is 12.7 Å². The van der Waals surface area contributed by atoms with Crippen molar-refractivity contribution >= 4 is 28.0 Å². The molecule has 1 rings (SSSR count). The molecule has 0 aliphatic heterocycles. The standard InChI is InChI=1S/C10H13ClN2O3S/c1-13(2)17(15,16)9-4-3-8(6-12-7-14)10(11)5-9/h3-5,7H,6H2,1-2H3,(H,12,14). The van der Waals surface area contributed by atoms with E-state index in [4.69, 9.17) is 11.6 Å². The highest BCUT2D eigenvalue weighted by atomic mass is 35.5. The van der Waals surface area contributed by atoms with Crippen molar-refractivity contribution in [1.82, 2.24) is 9.62 Å². The zero-order valence-electron chi connectivity index (χ0n) is 9.47. The lowest BCUT2D eigenvalue weighted by molar-refractivity contribution is -0.109. The second-order valence-electron chi connectivity index (χ2n) is 3.54. The van der Waals surface area contributed by atoms with E-state index in [1.165, 1.54) is 26.2 Å². The third kappa shape index (κ3) is 3.18. The first-order chi connectivity index (χ1) is 7.89. The molecule has 0 aliphatic carbocycles. The van der Waals surface area contributed by atoms with E-state index in [1.54, 1.807) is 6.07 Å². The second kappa shape index (κ2) is 5.48. The van der Waals surface area contributed by atoms with Gasteiger partial charge in [-0.1, -0.05) is 17.7 Å². The predicted octanol–water partition coefficient (Wildman–Crippen LogP) is 0.836. The smallest absolute Gasteiger partial charge is 0.242 e. The summed E-state index contributed by atoms with van der Waals surface area (Å²) in [5.74, 6) is 0. The molecule has 0 atom stereocenters. The van der Waals surface area contributed by atoms with Crippen LogP contribution in [0.25, 0.3) is 0 Å². The van der Waals surface area contributed by atoms with E-state index < -0.39 is 10.0 Å². The van der Waals surface area contributed by atoms with Crippen LogP contribution in [0.2, 0.25) is 5.02 Å². The van der Waals surface area contributed by atoms with Crippen molar-refractivity contribution in [2.75, 3.05) is 14.1 Å². The highest BCUT2D eigenvalue weighted by Crippen LogP contribution is 2.22. The predicted molar refractivity (Wildman–Crippen MR) is 65.2 cm³/mol. The second-order valence-corrected chi connectivity index (χ2v) is 6.10. The molecule has 7 heteroatoms. The lowest BCUT2D eigenvalue weighted by Gasteiger charge is -2.12. The van der Waals surface area contributed by atoms with E-state index in [0.29, 0.717) is 17.0 Å². The van der Waals surface area contributed by atoms with Gasteiger partial charge in [-0.2, -0.15) is 0 Å². The van der Waals surface area contributed by atoms with Gasteiger partial charge < -0.3 is 5.32 Å². The Hall–Kier alpha value is -1.11. The molecule has 5 nitrogen and oxygen atoms in total. The minimum absolute atomic E-state index is 0.127. The summed E-state index contributed by atoms with van der Waals surface area (Å²) in [4.78, 5) is 10.3. The molecule has 0 saturated heterocycles. The number of carbonyl (C=O) groups is 1. The van der Waals surface area contributed by atoms with Crippen molar-refractivity contribution in [1.29, 1.82) is 0 Å². The number of sulfonamides is 1. The largest absolute Gasteiger partial charge is 0.355 e. The lowest BCUT2D eigenvalue weighted by Crippen LogP contribution is -2.22. The molecule has 0 saturated carbocycles. The first kappa shape index (κ1) is 14.0. The topological polar surface area (TPSA) is 66.5 Å². The van der Waals surface area contributed by atoms with E-state index in [9.17, 15) is 13.2 Å². The minimum Gasteiger partial charge on any atom is -0.355 e. The van der Waals surface area contributed by atoms with Crippen LogP contribution in [0.3, 0.4) is 0 Å². The molecule has 1 aromatic rings. The summed E-state index contributed by atoms with van der Waals surface area (Å²) in [5.41, 5.74) is 0.663. The van der Waals surface area contributed by atoms with E-state index in [0.717, 1.165) is 4.31 Å². The molecule has 1 aromatic carbocycles. The number of benzene rings is 1. The first-order valence-corrected chi connectivity index (χ1v) is 6.59. The van der Waals surface area contributed by atoms with Gasteiger partial charge >= 0.3 is 0 Å². The van der Waals surface area contributed by atoms with Crippen LogP contribution in [-0.4, -0.2) is 33.2 Å². The van der Waals surface area contributed by atoms with Gasteiger partial charge in [0.15, 0.2) is 0 Å². The summed E-state index contributed by atoms with van der Waals surface area (Å²) in [5, 5.41) is 2.77. The summed E-state index contributed by atoms with van der Waals surface area (Å²) >= 11 is 5.94. The molecule has 0 heterocycles. The number of carbonyl (C=O) groups excluding carboxylic acids is 1. The summed E-state index contributed by atoms with van der Waals surface area (Å²) in [6, 6.07) is 4.41. The zero-order chi connectivity index (χ0) is 13.1. The first-order valence-electron chi connectivity index (χ1n) is 4.77. The number of nitrogens with zero attached hydrogens (tertiary/aromatic N) is 1. The molecule has 0 aliphatic rings. The Balaban J connectivity index is 3.09. The van der Waals surface area contributed by atoms with Crippen molar-refractivity contribution in [3.8, 4) is 0 Å². The molecule has 0 fully saturated rings. The Labute approximate surface area is 105 Å². The van der Waals surface area contributed by atoms with Crippen molar-refractivity contribution < 1.29 is 13.2 Å². The maximum absolute atomic E-state index is 11.8. The molecular formula is C10H13ClN2O3S. The fourth-order valence-electron chi connectivity index (χ4n) is 1.19. The monoisotopic (exact) mass is 276 g/mol. The van der Waals surface area contributed by atoms with Gasteiger partial charge in [0.2, 0.25) is 16.4 Å². The van der Waals surface area contributed by atoms with Crippen LogP contribution in [0.1, 0.15) is 5.56 Å². The maximum Gasteiger partial charge on any atom is 0.242 e. The number of hydrogen-bond donors (Lipinski definition) is 1. The van der Waals surface area contributed by atoms with Gasteiger partial charge in [-0.3, -0.25) is 4.79 Å². The number of hydrogen-bond acceptors (Lipinski definition) is 3. The van der Waals surface area contributed by atoms with Crippen molar-refractivity contribution in [2.24, 2.45) is 0 Å². The van der Waals surface area contributed by atoms with Crippen LogP contribution in [0.4, 0.5) is 0 Å². The van der Waals surface area contributed by atoms with Crippen LogP contribution in [0.15, 0.2) is 23.1 Å². The van der Waals surface area contributed by atoms with E-state index in [-0.39, 0.29) is 11.4 Å². The SMILES string of the molecule is CN(C)S(=O)(=O)c1ccc(CNC=O)c(Cl)c1. The fourth-order valence-corrected chi connectivity index (χ4v) is 2.43. The Bertz CT molecular complexity index is 514. The molecule has 0 bridgehead atoms. The third-order valence-corrected chi connectivity index (χ3v) is 4.34. The summed E-state index contributed by atoms with van der Waals surface area (Å²) in [6.07, 6.45) is 0.556. The van der Waals surface area contributed by atoms with Crippen LogP contribution in [-0.2, 0) is 21.4 Å². The summed E-state index contributed by atoms with van der Waals surface area (Å²) in [7, 11) is -0.579. The van der Waals surface area contributed by atoms with Gasteiger partial charge in [0.05, 0.1) is 4.90 Å². The minimum atomic E-state index is -3.48. The van der Waals surface area contributed by atoms with Crippen molar-refractivity contribution in [3.05, 3.63) is 28.8 Å². The molecule has 1 N–H and O–H groups in total. The number of nitrogens with one attached hydrogen (secondary N) is 1. The average Bonchev–Trinajstić information content (AvgIpc) is 2.27. The lowest BCUT2D eigenvalue weighted by atomic mass is 10.2. The molecule has 17 heavy (non-hydrogen) atoms. The highest BCUT2D eigenvalue weighted by molar-refractivity contribution is 7.89. The molecule has 0 spiro atoms. The van der Waals surface area contributed by atoms with Gasteiger partial charge in [-0.15, -0.1) is 0 Å². The zero-order valence-corrected chi connectivity index (χ0v) is 11.0. The molecule has 0 radical (unpaired) electrons. The van der Waals surface area contributed by atoms with Crippen molar-refractivity contribution in [2.45, 2.75) is 11.4 Å². The highest BCUT2D eigenvalue weighted by Gasteiger charge is 2.18. The van der Waals surface area contributed by atoms with E-state index >= 15 is 0 Å². The average molecular weight is 277 g/mol. The molecule has 0 aromatic heterocycles. The molecular weight excluding hydrogens is 264 g/mol. The summed E-state index contributed by atoms with van der Waals surface area (Å²) in [6.45, 7) is 0.268.